The maximum Gasteiger partial charge on any atom is 0.128 e. The second-order valence-electron chi connectivity index (χ2n) is 6.23. The third kappa shape index (κ3) is 3.54. The third-order valence-electron chi connectivity index (χ3n) is 4.34. The molecule has 0 saturated carbocycles. The zero-order valence-corrected chi connectivity index (χ0v) is 13.6. The summed E-state index contributed by atoms with van der Waals surface area (Å²) in [6.07, 6.45) is 1.82. The maximum atomic E-state index is 6.15. The Bertz CT molecular complexity index is 469. The fourth-order valence-electron chi connectivity index (χ4n) is 3.10. The first-order chi connectivity index (χ1) is 9.96. The second-order valence-corrected chi connectivity index (χ2v) is 6.23. The van der Waals surface area contributed by atoms with E-state index in [1.54, 1.807) is 0 Å². The highest BCUT2D eigenvalue weighted by Crippen LogP contribution is 2.34. The Labute approximate surface area is 127 Å². The summed E-state index contributed by atoms with van der Waals surface area (Å²) in [4.78, 5) is 6.81. The van der Waals surface area contributed by atoms with Gasteiger partial charge in [0, 0.05) is 30.4 Å². The SMILES string of the molecule is CCNC(c1cc(C)cnc1N)C(C)(C)N1CCOCC1. The van der Waals surface area contributed by atoms with E-state index < -0.39 is 0 Å². The van der Waals surface area contributed by atoms with Crippen molar-refractivity contribution in [3.8, 4) is 0 Å². The Morgan fingerprint density at radius 2 is 2.10 bits per heavy atom. The number of nitrogens with two attached hydrogens (primary N) is 1. The Hall–Kier alpha value is -1.17. The zero-order valence-electron chi connectivity index (χ0n) is 13.6. The van der Waals surface area contributed by atoms with Crippen molar-refractivity contribution in [2.24, 2.45) is 0 Å². The lowest BCUT2D eigenvalue weighted by Gasteiger charge is -2.46. The summed E-state index contributed by atoms with van der Waals surface area (Å²) in [7, 11) is 0. The summed E-state index contributed by atoms with van der Waals surface area (Å²) >= 11 is 0. The van der Waals surface area contributed by atoms with Gasteiger partial charge in [-0.3, -0.25) is 4.90 Å². The number of hydrogen-bond donors (Lipinski definition) is 2. The number of nitrogen functional groups attached to an aromatic ring is 1. The average molecular weight is 292 g/mol. The van der Waals surface area contributed by atoms with Crippen LogP contribution in [0.4, 0.5) is 5.82 Å². The average Bonchev–Trinajstić information content (AvgIpc) is 2.48. The highest BCUT2D eigenvalue weighted by Gasteiger charge is 2.37. The number of nitrogens with zero attached hydrogens (tertiary/aromatic N) is 2. The van der Waals surface area contributed by atoms with E-state index in [0.717, 1.165) is 44.0 Å². The van der Waals surface area contributed by atoms with Crippen molar-refractivity contribution >= 4 is 5.82 Å². The van der Waals surface area contributed by atoms with Gasteiger partial charge in [-0.15, -0.1) is 0 Å². The van der Waals surface area contributed by atoms with Crippen LogP contribution in [0, 0.1) is 6.92 Å². The maximum absolute atomic E-state index is 6.15. The van der Waals surface area contributed by atoms with Crippen LogP contribution in [0.1, 0.15) is 37.9 Å². The molecule has 1 aliphatic rings. The molecule has 0 radical (unpaired) electrons. The molecule has 1 saturated heterocycles. The second kappa shape index (κ2) is 6.73. The van der Waals surface area contributed by atoms with Crippen molar-refractivity contribution in [3.63, 3.8) is 0 Å². The van der Waals surface area contributed by atoms with Gasteiger partial charge >= 0.3 is 0 Å². The molecule has 1 aromatic rings. The number of ether oxygens (including phenoxy) is 1. The van der Waals surface area contributed by atoms with Gasteiger partial charge in [-0.05, 0) is 38.9 Å². The molecule has 0 aromatic carbocycles. The van der Waals surface area contributed by atoms with Crippen molar-refractivity contribution in [2.75, 3.05) is 38.6 Å². The summed E-state index contributed by atoms with van der Waals surface area (Å²) in [6, 6.07) is 2.30. The number of hydrogen-bond acceptors (Lipinski definition) is 5. The molecule has 21 heavy (non-hydrogen) atoms. The Balaban J connectivity index is 2.34. The molecule has 2 rings (SSSR count). The van der Waals surface area contributed by atoms with Crippen molar-refractivity contribution in [2.45, 2.75) is 39.3 Å². The quantitative estimate of drug-likeness (QED) is 0.865. The van der Waals surface area contributed by atoms with Gasteiger partial charge in [0.2, 0.25) is 0 Å². The minimum atomic E-state index is -0.0522. The number of aromatic nitrogens is 1. The van der Waals surface area contributed by atoms with Gasteiger partial charge in [-0.1, -0.05) is 6.92 Å². The van der Waals surface area contributed by atoms with Gasteiger partial charge in [-0.25, -0.2) is 4.98 Å². The van der Waals surface area contributed by atoms with Crippen molar-refractivity contribution in [3.05, 3.63) is 23.4 Å². The summed E-state index contributed by atoms with van der Waals surface area (Å²) in [5.41, 5.74) is 8.33. The predicted octanol–water partition coefficient (Wildman–Crippen LogP) is 1.73. The molecule has 1 fully saturated rings. The van der Waals surface area contributed by atoms with E-state index in [1.807, 2.05) is 6.20 Å². The van der Waals surface area contributed by atoms with Gasteiger partial charge in [0.15, 0.2) is 0 Å². The molecule has 0 bridgehead atoms. The minimum Gasteiger partial charge on any atom is -0.383 e. The summed E-state index contributed by atoms with van der Waals surface area (Å²) in [5, 5.41) is 3.60. The molecule has 5 heteroatoms. The third-order valence-corrected chi connectivity index (χ3v) is 4.34. The smallest absolute Gasteiger partial charge is 0.128 e. The lowest BCUT2D eigenvalue weighted by atomic mass is 9.86. The van der Waals surface area contributed by atoms with Crippen molar-refractivity contribution < 1.29 is 4.74 Å². The minimum absolute atomic E-state index is 0.0522. The van der Waals surface area contributed by atoms with E-state index in [1.165, 1.54) is 0 Å². The molecule has 0 amide bonds. The molecule has 1 aromatic heterocycles. The number of aryl methyl sites for hydroxylation is 1. The molecular formula is C16H28N4O. The first kappa shape index (κ1) is 16.2. The van der Waals surface area contributed by atoms with Gasteiger partial charge in [0.25, 0.3) is 0 Å². The lowest BCUT2D eigenvalue weighted by molar-refractivity contribution is -0.0235. The molecule has 1 atom stereocenters. The Morgan fingerprint density at radius 3 is 2.71 bits per heavy atom. The molecule has 1 aliphatic heterocycles. The highest BCUT2D eigenvalue weighted by atomic mass is 16.5. The molecule has 0 spiro atoms. The molecule has 3 N–H and O–H groups in total. The van der Waals surface area contributed by atoms with Crippen LogP contribution in [-0.2, 0) is 4.74 Å². The van der Waals surface area contributed by atoms with E-state index in [0.29, 0.717) is 5.82 Å². The predicted molar refractivity (Wildman–Crippen MR) is 86.3 cm³/mol. The number of likely N-dealkylation sites (N-methyl/N-ethyl adjacent to an activating group) is 1. The highest BCUT2D eigenvalue weighted by molar-refractivity contribution is 5.44. The molecule has 1 unspecified atom stereocenters. The van der Waals surface area contributed by atoms with Crippen LogP contribution < -0.4 is 11.1 Å². The molecule has 118 valence electrons. The van der Waals surface area contributed by atoms with Crippen LogP contribution in [0.3, 0.4) is 0 Å². The van der Waals surface area contributed by atoms with Crippen LogP contribution in [0.25, 0.3) is 0 Å². The molecule has 2 heterocycles. The van der Waals surface area contributed by atoms with Crippen LogP contribution in [0.2, 0.25) is 0 Å². The monoisotopic (exact) mass is 292 g/mol. The molecule has 5 nitrogen and oxygen atoms in total. The standard InChI is InChI=1S/C16H28N4O/c1-5-18-14(13-10-12(2)11-19-15(13)17)16(3,4)20-6-8-21-9-7-20/h10-11,14,18H,5-9H2,1-4H3,(H2,17,19). The van der Waals surface area contributed by atoms with E-state index in [-0.39, 0.29) is 11.6 Å². The summed E-state index contributed by atoms with van der Waals surface area (Å²) in [5.74, 6) is 0.618. The summed E-state index contributed by atoms with van der Waals surface area (Å²) in [6.45, 7) is 13.1. The number of rotatable bonds is 5. The largest absolute Gasteiger partial charge is 0.383 e. The number of morpholine rings is 1. The van der Waals surface area contributed by atoms with Gasteiger partial charge in [0.1, 0.15) is 5.82 Å². The normalized spacial score (nSPS) is 18.7. The van der Waals surface area contributed by atoms with Gasteiger partial charge in [-0.2, -0.15) is 0 Å². The number of pyridine rings is 1. The summed E-state index contributed by atoms with van der Waals surface area (Å²) < 4.78 is 5.48. The Morgan fingerprint density at radius 1 is 1.43 bits per heavy atom. The number of nitrogens with one attached hydrogen (secondary N) is 1. The first-order valence-corrected chi connectivity index (χ1v) is 7.75. The van der Waals surface area contributed by atoms with Crippen LogP contribution >= 0.6 is 0 Å². The van der Waals surface area contributed by atoms with Crippen molar-refractivity contribution in [1.29, 1.82) is 0 Å². The van der Waals surface area contributed by atoms with Gasteiger partial charge in [0.05, 0.1) is 19.3 Å². The van der Waals surface area contributed by atoms with Crippen molar-refractivity contribution in [1.82, 2.24) is 15.2 Å². The zero-order chi connectivity index (χ0) is 15.5. The van der Waals surface area contributed by atoms with Crippen LogP contribution in [0.15, 0.2) is 12.3 Å². The van der Waals surface area contributed by atoms with Gasteiger partial charge < -0.3 is 15.8 Å². The van der Waals surface area contributed by atoms with Crippen LogP contribution in [-0.4, -0.2) is 48.3 Å². The van der Waals surface area contributed by atoms with E-state index >= 15 is 0 Å². The van der Waals surface area contributed by atoms with Crippen LogP contribution in [0.5, 0.6) is 0 Å². The first-order valence-electron chi connectivity index (χ1n) is 7.75. The van der Waals surface area contributed by atoms with E-state index in [4.69, 9.17) is 10.5 Å². The van der Waals surface area contributed by atoms with E-state index in [2.05, 4.69) is 49.0 Å². The van der Waals surface area contributed by atoms with E-state index in [9.17, 15) is 0 Å². The lowest BCUT2D eigenvalue weighted by Crippen LogP contribution is -2.56. The fourth-order valence-corrected chi connectivity index (χ4v) is 3.10. The fraction of sp³-hybridized carbons (Fsp3) is 0.688. The molecule has 0 aliphatic carbocycles. The Kier molecular flexibility index (Phi) is 5.19. The topological polar surface area (TPSA) is 63.4 Å². The number of anilines is 1. The molecular weight excluding hydrogens is 264 g/mol.